The number of nitrogens with zero attached hydrogens (tertiary/aromatic N) is 2. The topological polar surface area (TPSA) is 95.6 Å². The molecular formula is C20H19N5O2. The van der Waals surface area contributed by atoms with Crippen molar-refractivity contribution in [2.75, 3.05) is 5.32 Å². The van der Waals surface area contributed by atoms with Crippen molar-refractivity contribution >= 4 is 22.6 Å². The molecule has 4 aromatic rings. The number of anilines is 1. The van der Waals surface area contributed by atoms with Gasteiger partial charge in [-0.3, -0.25) is 4.79 Å². The Balaban J connectivity index is 1.66. The third-order valence-electron chi connectivity index (χ3n) is 4.37. The average Bonchev–Trinajstić information content (AvgIpc) is 3.25. The van der Waals surface area contributed by atoms with Crippen LogP contribution in [0.3, 0.4) is 0 Å². The average molecular weight is 361 g/mol. The summed E-state index contributed by atoms with van der Waals surface area (Å²) in [7, 11) is 0. The molecule has 0 saturated carbocycles. The summed E-state index contributed by atoms with van der Waals surface area (Å²) in [5.41, 5.74) is 4.01. The number of imidazole rings is 1. The summed E-state index contributed by atoms with van der Waals surface area (Å²) in [6.07, 6.45) is 3.24. The van der Waals surface area contributed by atoms with Crippen molar-refractivity contribution in [1.29, 1.82) is 0 Å². The lowest BCUT2D eigenvalue weighted by Gasteiger charge is -2.09. The van der Waals surface area contributed by atoms with Crippen molar-refractivity contribution in [3.63, 3.8) is 0 Å². The monoisotopic (exact) mass is 361 g/mol. The summed E-state index contributed by atoms with van der Waals surface area (Å²) < 4.78 is 1.81. The van der Waals surface area contributed by atoms with Gasteiger partial charge in [0.1, 0.15) is 0 Å². The second-order valence-electron chi connectivity index (χ2n) is 6.30. The van der Waals surface area contributed by atoms with E-state index >= 15 is 0 Å². The number of benzene rings is 2. The molecule has 0 unspecified atom stereocenters. The lowest BCUT2D eigenvalue weighted by molar-refractivity contribution is 0.102. The third-order valence-corrected chi connectivity index (χ3v) is 4.37. The molecule has 0 atom stereocenters. The highest BCUT2D eigenvalue weighted by molar-refractivity contribution is 6.05. The smallest absolute Gasteiger partial charge is 0.322 e. The minimum Gasteiger partial charge on any atom is -0.322 e. The first-order valence-electron chi connectivity index (χ1n) is 8.81. The van der Waals surface area contributed by atoms with Gasteiger partial charge < -0.3 is 15.3 Å². The molecule has 4 rings (SSSR count). The van der Waals surface area contributed by atoms with Crippen molar-refractivity contribution in [1.82, 2.24) is 19.7 Å². The molecule has 2 aromatic carbocycles. The number of aromatic amines is 2. The zero-order chi connectivity index (χ0) is 18.8. The van der Waals surface area contributed by atoms with Crippen LogP contribution in [0.2, 0.25) is 0 Å². The number of carbonyl (C=O) groups is 1. The van der Waals surface area contributed by atoms with Gasteiger partial charge in [-0.25, -0.2) is 9.48 Å². The van der Waals surface area contributed by atoms with Gasteiger partial charge in [-0.2, -0.15) is 5.10 Å². The number of aromatic nitrogens is 4. The Morgan fingerprint density at radius 3 is 2.67 bits per heavy atom. The van der Waals surface area contributed by atoms with Crippen LogP contribution >= 0.6 is 0 Å². The number of H-pyrrole nitrogens is 2. The first-order valence-corrected chi connectivity index (χ1v) is 8.81. The van der Waals surface area contributed by atoms with E-state index in [1.165, 1.54) is 0 Å². The molecule has 0 saturated heterocycles. The van der Waals surface area contributed by atoms with E-state index in [1.807, 2.05) is 35.0 Å². The molecule has 2 heterocycles. The standard InChI is InChI=1S/C20H19N5O2/c1-2-6-18-15(12-21-25(18)14-7-4-3-5-8-14)19(26)22-13-9-10-16-17(11-13)24-20(27)23-16/h3-5,7-12H,2,6H2,1H3,(H,22,26)(H2,23,24,27). The normalized spacial score (nSPS) is 11.0. The Kier molecular flexibility index (Phi) is 4.33. The van der Waals surface area contributed by atoms with Crippen LogP contribution in [0, 0.1) is 0 Å². The Morgan fingerprint density at radius 2 is 1.89 bits per heavy atom. The van der Waals surface area contributed by atoms with Crippen LogP contribution < -0.4 is 11.0 Å². The van der Waals surface area contributed by atoms with Gasteiger partial charge in [0, 0.05) is 5.69 Å². The summed E-state index contributed by atoms with van der Waals surface area (Å²) in [4.78, 5) is 29.6. The second kappa shape index (κ2) is 6.95. The Bertz CT molecular complexity index is 1150. The summed E-state index contributed by atoms with van der Waals surface area (Å²) in [6.45, 7) is 2.07. The van der Waals surface area contributed by atoms with Crippen LogP contribution in [0.5, 0.6) is 0 Å². The maximum absolute atomic E-state index is 12.9. The van der Waals surface area contributed by atoms with Crippen molar-refractivity contribution in [2.24, 2.45) is 0 Å². The van der Waals surface area contributed by atoms with E-state index in [0.717, 1.165) is 24.2 Å². The molecule has 7 nitrogen and oxygen atoms in total. The second-order valence-corrected chi connectivity index (χ2v) is 6.30. The van der Waals surface area contributed by atoms with E-state index in [1.54, 1.807) is 24.4 Å². The van der Waals surface area contributed by atoms with E-state index in [9.17, 15) is 9.59 Å². The van der Waals surface area contributed by atoms with Gasteiger partial charge in [0.05, 0.1) is 34.2 Å². The highest BCUT2D eigenvalue weighted by Crippen LogP contribution is 2.20. The molecule has 0 fully saturated rings. The Morgan fingerprint density at radius 1 is 1.11 bits per heavy atom. The molecule has 3 N–H and O–H groups in total. The first kappa shape index (κ1) is 16.8. The number of amides is 1. The molecule has 1 amide bonds. The van der Waals surface area contributed by atoms with Crippen LogP contribution in [0.4, 0.5) is 5.69 Å². The van der Waals surface area contributed by atoms with Gasteiger partial charge in [0.2, 0.25) is 0 Å². The molecule has 7 heteroatoms. The van der Waals surface area contributed by atoms with Gasteiger partial charge in [-0.1, -0.05) is 31.5 Å². The summed E-state index contributed by atoms with van der Waals surface area (Å²) in [6, 6.07) is 15.0. The van der Waals surface area contributed by atoms with E-state index < -0.39 is 0 Å². The minimum atomic E-state index is -0.275. The first-order chi connectivity index (χ1) is 13.2. The highest BCUT2D eigenvalue weighted by atomic mass is 16.2. The molecular weight excluding hydrogens is 342 g/mol. The van der Waals surface area contributed by atoms with Crippen molar-refractivity contribution < 1.29 is 4.79 Å². The number of rotatable bonds is 5. The lowest BCUT2D eigenvalue weighted by atomic mass is 10.1. The van der Waals surface area contributed by atoms with Crippen LogP contribution in [0.15, 0.2) is 59.5 Å². The fourth-order valence-corrected chi connectivity index (χ4v) is 3.14. The lowest BCUT2D eigenvalue weighted by Crippen LogP contribution is -2.14. The van der Waals surface area contributed by atoms with Gasteiger partial charge in [-0.05, 0) is 36.8 Å². The zero-order valence-electron chi connectivity index (χ0n) is 14.8. The molecule has 27 heavy (non-hydrogen) atoms. The van der Waals surface area contributed by atoms with Crippen molar-refractivity contribution in [2.45, 2.75) is 19.8 Å². The SMILES string of the molecule is CCCc1c(C(=O)Nc2ccc3[nH]c(=O)[nH]c3c2)cnn1-c1ccccc1. The number of para-hydroxylation sites is 1. The van der Waals surface area contributed by atoms with Crippen LogP contribution in [0.1, 0.15) is 29.4 Å². The largest absolute Gasteiger partial charge is 0.323 e. The Hall–Kier alpha value is -3.61. The molecule has 0 spiro atoms. The van der Waals surface area contributed by atoms with Crippen LogP contribution in [-0.4, -0.2) is 25.7 Å². The summed E-state index contributed by atoms with van der Waals surface area (Å²) >= 11 is 0. The number of hydrogen-bond acceptors (Lipinski definition) is 3. The fourth-order valence-electron chi connectivity index (χ4n) is 3.14. The van der Waals surface area contributed by atoms with Crippen molar-refractivity contribution in [3.8, 4) is 5.69 Å². The van der Waals surface area contributed by atoms with E-state index in [2.05, 4.69) is 27.3 Å². The van der Waals surface area contributed by atoms with Gasteiger partial charge in [0.15, 0.2) is 0 Å². The molecule has 0 radical (unpaired) electrons. The molecule has 136 valence electrons. The predicted molar refractivity (Wildman–Crippen MR) is 104 cm³/mol. The molecule has 0 aliphatic rings. The maximum atomic E-state index is 12.9. The number of fused-ring (bicyclic) bond motifs is 1. The molecule has 0 aliphatic heterocycles. The van der Waals surface area contributed by atoms with Crippen molar-refractivity contribution in [3.05, 3.63) is 76.5 Å². The summed E-state index contributed by atoms with van der Waals surface area (Å²) in [5.74, 6) is -0.224. The fraction of sp³-hybridized carbons (Fsp3) is 0.150. The predicted octanol–water partition coefficient (Wildman–Crippen LogP) is 3.25. The number of hydrogen-bond donors (Lipinski definition) is 3. The Labute approximate surface area is 155 Å². The number of nitrogens with one attached hydrogen (secondary N) is 3. The van der Waals surface area contributed by atoms with E-state index in [4.69, 9.17) is 0 Å². The van der Waals surface area contributed by atoms with E-state index in [-0.39, 0.29) is 11.6 Å². The highest BCUT2D eigenvalue weighted by Gasteiger charge is 2.18. The van der Waals surface area contributed by atoms with Gasteiger partial charge in [-0.15, -0.1) is 0 Å². The summed E-state index contributed by atoms with van der Waals surface area (Å²) in [5, 5.41) is 7.32. The molecule has 0 aliphatic carbocycles. The number of carbonyl (C=O) groups excluding carboxylic acids is 1. The van der Waals surface area contributed by atoms with Gasteiger partial charge in [0.25, 0.3) is 5.91 Å². The quantitative estimate of drug-likeness (QED) is 0.509. The van der Waals surface area contributed by atoms with E-state index in [0.29, 0.717) is 22.3 Å². The molecule has 2 aromatic heterocycles. The minimum absolute atomic E-state index is 0.224. The maximum Gasteiger partial charge on any atom is 0.323 e. The third kappa shape index (κ3) is 3.27. The van der Waals surface area contributed by atoms with Crippen LogP contribution in [0.25, 0.3) is 16.7 Å². The van der Waals surface area contributed by atoms with Crippen LogP contribution in [-0.2, 0) is 6.42 Å². The molecule has 0 bridgehead atoms. The zero-order valence-corrected chi connectivity index (χ0v) is 14.8. The van der Waals surface area contributed by atoms with Gasteiger partial charge >= 0.3 is 5.69 Å².